The molecule has 2 aromatic rings. The van der Waals surface area contributed by atoms with Gasteiger partial charge in [0.15, 0.2) is 0 Å². The van der Waals surface area contributed by atoms with Crippen LogP contribution in [-0.2, 0) is 4.79 Å². The van der Waals surface area contributed by atoms with Gasteiger partial charge in [-0.1, -0.05) is 12.1 Å². The molecule has 1 heterocycles. The summed E-state index contributed by atoms with van der Waals surface area (Å²) in [6.45, 7) is 1.97. The number of halogens is 1. The second-order valence-electron chi connectivity index (χ2n) is 4.39. The minimum atomic E-state index is -0.221. The number of ether oxygens (including phenoxy) is 1. The Hall–Kier alpha value is -1.86. The molecule has 0 unspecified atom stereocenters. The van der Waals surface area contributed by atoms with E-state index in [0.717, 1.165) is 20.1 Å². The summed E-state index contributed by atoms with van der Waals surface area (Å²) in [5, 5.41) is 7.12. The molecule has 22 heavy (non-hydrogen) atoms. The predicted octanol–water partition coefficient (Wildman–Crippen LogP) is 3.47. The van der Waals surface area contributed by atoms with Crippen LogP contribution in [0.15, 0.2) is 45.3 Å². The average molecular weight is 382 g/mol. The van der Waals surface area contributed by atoms with E-state index in [1.165, 1.54) is 0 Å². The fourth-order valence-corrected chi connectivity index (χ4v) is 3.05. The fraction of sp³-hybridized carbons (Fsp3) is 0.200. The molecule has 0 aliphatic heterocycles. The van der Waals surface area contributed by atoms with Crippen LogP contribution in [0.25, 0.3) is 0 Å². The molecule has 5 nitrogen and oxygen atoms in total. The lowest BCUT2D eigenvalue weighted by atomic mass is 10.3. The molecule has 0 aliphatic carbocycles. The smallest absolute Gasteiger partial charge is 0.259 e. The first-order valence-electron chi connectivity index (χ1n) is 6.56. The number of thiophene rings is 1. The molecular weight excluding hydrogens is 366 g/mol. The number of rotatable bonds is 6. The lowest BCUT2D eigenvalue weighted by Gasteiger charge is -2.09. The minimum absolute atomic E-state index is 0.116. The van der Waals surface area contributed by atoms with Crippen molar-refractivity contribution in [1.82, 2.24) is 5.43 Å². The monoisotopic (exact) mass is 381 g/mol. The third-order valence-corrected chi connectivity index (χ3v) is 4.56. The Morgan fingerprint density at radius 2 is 2.09 bits per heavy atom. The SMILES string of the molecule is COc1ccccc1NCC(=O)N/N=C(/C)c1ccc(Br)s1. The van der Waals surface area contributed by atoms with E-state index < -0.39 is 0 Å². The van der Waals surface area contributed by atoms with Gasteiger partial charge < -0.3 is 10.1 Å². The first kappa shape index (κ1) is 16.5. The first-order valence-corrected chi connectivity index (χ1v) is 8.17. The number of methoxy groups -OCH3 is 1. The van der Waals surface area contributed by atoms with Gasteiger partial charge in [0.2, 0.25) is 0 Å². The van der Waals surface area contributed by atoms with Crippen LogP contribution >= 0.6 is 27.3 Å². The van der Waals surface area contributed by atoms with Gasteiger partial charge >= 0.3 is 0 Å². The van der Waals surface area contributed by atoms with Crippen LogP contribution in [0.5, 0.6) is 5.75 Å². The Labute approximate surface area is 141 Å². The van der Waals surface area contributed by atoms with E-state index in [1.807, 2.05) is 43.3 Å². The third kappa shape index (κ3) is 4.57. The highest BCUT2D eigenvalue weighted by atomic mass is 79.9. The lowest BCUT2D eigenvalue weighted by Crippen LogP contribution is -2.26. The lowest BCUT2D eigenvalue weighted by molar-refractivity contribution is -0.119. The summed E-state index contributed by atoms with van der Waals surface area (Å²) in [6.07, 6.45) is 0. The number of hydrogen-bond donors (Lipinski definition) is 2. The van der Waals surface area contributed by atoms with Crippen molar-refractivity contribution in [2.75, 3.05) is 19.0 Å². The van der Waals surface area contributed by atoms with E-state index in [-0.39, 0.29) is 12.5 Å². The average Bonchev–Trinajstić information content (AvgIpc) is 2.97. The van der Waals surface area contributed by atoms with Crippen LogP contribution in [0.3, 0.4) is 0 Å². The summed E-state index contributed by atoms with van der Waals surface area (Å²) in [4.78, 5) is 12.8. The number of hydrogen-bond acceptors (Lipinski definition) is 5. The van der Waals surface area contributed by atoms with Gasteiger partial charge in [-0.3, -0.25) is 4.79 Å². The molecule has 1 amide bonds. The molecule has 1 aromatic carbocycles. The van der Waals surface area contributed by atoms with Crippen LogP contribution in [0.2, 0.25) is 0 Å². The van der Waals surface area contributed by atoms with Crippen molar-refractivity contribution in [3.63, 3.8) is 0 Å². The summed E-state index contributed by atoms with van der Waals surface area (Å²) in [7, 11) is 1.59. The number of carbonyl (C=O) groups is 1. The van der Waals surface area contributed by atoms with Crippen LogP contribution in [0.4, 0.5) is 5.69 Å². The largest absolute Gasteiger partial charge is 0.495 e. The van der Waals surface area contributed by atoms with Crippen molar-refractivity contribution >= 4 is 44.6 Å². The van der Waals surface area contributed by atoms with E-state index in [4.69, 9.17) is 4.74 Å². The molecule has 2 N–H and O–H groups in total. The fourth-order valence-electron chi connectivity index (χ4n) is 1.72. The van der Waals surface area contributed by atoms with E-state index in [1.54, 1.807) is 18.4 Å². The van der Waals surface area contributed by atoms with Crippen LogP contribution in [0.1, 0.15) is 11.8 Å². The molecule has 0 bridgehead atoms. The number of para-hydroxylation sites is 2. The number of anilines is 1. The van der Waals surface area contributed by atoms with Crippen molar-refractivity contribution in [2.45, 2.75) is 6.92 Å². The highest BCUT2D eigenvalue weighted by molar-refractivity contribution is 9.11. The van der Waals surface area contributed by atoms with Gasteiger partial charge in [-0.25, -0.2) is 5.43 Å². The van der Waals surface area contributed by atoms with Gasteiger partial charge in [0.25, 0.3) is 5.91 Å². The Bertz CT molecular complexity index is 685. The van der Waals surface area contributed by atoms with E-state index >= 15 is 0 Å². The standard InChI is InChI=1S/C15H16BrN3O2S/c1-10(13-7-8-14(16)22-13)18-19-15(20)9-17-11-5-3-4-6-12(11)21-2/h3-8,17H,9H2,1-2H3,(H,19,20)/b18-10-. The Balaban J connectivity index is 1.88. The molecule has 0 radical (unpaired) electrons. The van der Waals surface area contributed by atoms with Crippen LogP contribution in [0, 0.1) is 0 Å². The Kier molecular flexibility index (Phi) is 5.97. The van der Waals surface area contributed by atoms with Gasteiger partial charge in [0.05, 0.1) is 33.7 Å². The summed E-state index contributed by atoms with van der Waals surface area (Å²) in [5.74, 6) is 0.472. The van der Waals surface area contributed by atoms with E-state index in [2.05, 4.69) is 31.8 Å². The summed E-state index contributed by atoms with van der Waals surface area (Å²) in [6, 6.07) is 11.3. The van der Waals surface area contributed by atoms with Gasteiger partial charge in [-0.05, 0) is 47.1 Å². The molecule has 0 saturated heterocycles. The number of benzene rings is 1. The van der Waals surface area contributed by atoms with Crippen molar-refractivity contribution in [1.29, 1.82) is 0 Å². The van der Waals surface area contributed by atoms with Crippen molar-refractivity contribution < 1.29 is 9.53 Å². The highest BCUT2D eigenvalue weighted by Crippen LogP contribution is 2.23. The number of amides is 1. The van der Waals surface area contributed by atoms with Gasteiger partial charge in [0, 0.05) is 0 Å². The minimum Gasteiger partial charge on any atom is -0.495 e. The quantitative estimate of drug-likeness (QED) is 0.594. The normalized spacial score (nSPS) is 11.1. The third-order valence-electron chi connectivity index (χ3n) is 2.82. The number of carbonyl (C=O) groups excluding carboxylic acids is 1. The molecule has 2 rings (SSSR count). The second kappa shape index (κ2) is 7.95. The maximum atomic E-state index is 11.8. The topological polar surface area (TPSA) is 62.7 Å². The highest BCUT2D eigenvalue weighted by Gasteiger charge is 2.05. The van der Waals surface area contributed by atoms with Crippen LogP contribution < -0.4 is 15.5 Å². The molecule has 0 spiro atoms. The zero-order valence-corrected chi connectivity index (χ0v) is 14.6. The molecule has 0 saturated carbocycles. The first-order chi connectivity index (χ1) is 10.6. The summed E-state index contributed by atoms with van der Waals surface area (Å²) in [5.41, 5.74) is 4.07. The Morgan fingerprint density at radius 3 is 2.77 bits per heavy atom. The van der Waals surface area contributed by atoms with Crippen molar-refractivity contribution in [3.05, 3.63) is 45.1 Å². The van der Waals surface area contributed by atoms with Crippen molar-refractivity contribution in [2.24, 2.45) is 5.10 Å². The predicted molar refractivity (Wildman–Crippen MR) is 93.9 cm³/mol. The molecule has 1 aromatic heterocycles. The van der Waals surface area contributed by atoms with E-state index in [9.17, 15) is 4.79 Å². The zero-order chi connectivity index (χ0) is 15.9. The summed E-state index contributed by atoms with van der Waals surface area (Å²) >= 11 is 4.96. The maximum absolute atomic E-state index is 11.8. The molecule has 0 aliphatic rings. The number of hydrazone groups is 1. The number of nitrogens with one attached hydrogen (secondary N) is 2. The zero-order valence-electron chi connectivity index (χ0n) is 12.2. The molecule has 0 atom stereocenters. The second-order valence-corrected chi connectivity index (χ2v) is 6.85. The van der Waals surface area contributed by atoms with Crippen molar-refractivity contribution in [3.8, 4) is 5.75 Å². The Morgan fingerprint density at radius 1 is 1.32 bits per heavy atom. The van der Waals surface area contributed by atoms with Crippen LogP contribution in [-0.4, -0.2) is 25.3 Å². The number of nitrogens with zero attached hydrogens (tertiary/aromatic N) is 1. The molecule has 0 fully saturated rings. The van der Waals surface area contributed by atoms with Gasteiger partial charge in [-0.2, -0.15) is 5.10 Å². The van der Waals surface area contributed by atoms with Gasteiger partial charge in [-0.15, -0.1) is 11.3 Å². The summed E-state index contributed by atoms with van der Waals surface area (Å²) < 4.78 is 6.24. The van der Waals surface area contributed by atoms with Gasteiger partial charge in [0.1, 0.15) is 5.75 Å². The molecular formula is C15H16BrN3O2S. The molecule has 116 valence electrons. The maximum Gasteiger partial charge on any atom is 0.259 e. The van der Waals surface area contributed by atoms with E-state index in [0.29, 0.717) is 5.75 Å². The molecule has 7 heteroatoms.